The number of carbonyl (C=O) groups is 1. The van der Waals surface area contributed by atoms with Gasteiger partial charge >= 0.3 is 0 Å². The monoisotopic (exact) mass is 219 g/mol. The van der Waals surface area contributed by atoms with E-state index >= 15 is 0 Å². The molecule has 0 radical (unpaired) electrons. The number of carbonyl (C=O) groups excluding carboxylic acids is 1. The molecule has 84 valence electrons. The highest BCUT2D eigenvalue weighted by molar-refractivity contribution is 5.95. The van der Waals surface area contributed by atoms with Gasteiger partial charge in [0.05, 0.1) is 5.54 Å². The van der Waals surface area contributed by atoms with Gasteiger partial charge < -0.3 is 5.32 Å². The molecule has 0 aliphatic carbocycles. The number of aryl methyl sites for hydroxylation is 1. The van der Waals surface area contributed by atoms with E-state index in [-0.39, 0.29) is 11.5 Å². The van der Waals surface area contributed by atoms with Crippen LogP contribution in [0.4, 0.5) is 4.39 Å². The molecule has 3 heteroatoms. The van der Waals surface area contributed by atoms with Crippen LogP contribution in [0, 0.1) is 25.1 Å². The smallest absolute Gasteiger partial charge is 0.252 e. The van der Waals surface area contributed by atoms with Crippen LogP contribution in [0.15, 0.2) is 18.2 Å². The van der Waals surface area contributed by atoms with Crippen LogP contribution in [0.1, 0.15) is 29.8 Å². The molecule has 0 unspecified atom stereocenters. The first-order chi connectivity index (χ1) is 7.34. The van der Waals surface area contributed by atoms with Crippen molar-refractivity contribution in [1.29, 1.82) is 0 Å². The Morgan fingerprint density at radius 1 is 1.44 bits per heavy atom. The summed E-state index contributed by atoms with van der Waals surface area (Å²) in [6.45, 7) is 5.14. The molecule has 0 aromatic heterocycles. The van der Waals surface area contributed by atoms with Gasteiger partial charge in [-0.05, 0) is 44.5 Å². The van der Waals surface area contributed by atoms with E-state index in [1.165, 1.54) is 12.1 Å². The van der Waals surface area contributed by atoms with Gasteiger partial charge in [0.2, 0.25) is 0 Å². The summed E-state index contributed by atoms with van der Waals surface area (Å²) in [7, 11) is 0. The molecule has 0 bridgehead atoms. The summed E-state index contributed by atoms with van der Waals surface area (Å²) >= 11 is 0. The average Bonchev–Trinajstić information content (AvgIpc) is 2.15. The number of halogens is 1. The van der Waals surface area contributed by atoms with Gasteiger partial charge in [0.1, 0.15) is 5.82 Å². The zero-order valence-corrected chi connectivity index (χ0v) is 9.60. The maximum atomic E-state index is 13.1. The summed E-state index contributed by atoms with van der Waals surface area (Å²) in [6.07, 6.45) is 5.25. The molecule has 0 spiro atoms. The van der Waals surface area contributed by atoms with Crippen LogP contribution in [-0.4, -0.2) is 11.4 Å². The maximum Gasteiger partial charge on any atom is 0.252 e. The van der Waals surface area contributed by atoms with Gasteiger partial charge in [0, 0.05) is 5.56 Å². The number of hydrogen-bond acceptors (Lipinski definition) is 1. The summed E-state index contributed by atoms with van der Waals surface area (Å²) in [5, 5.41) is 2.63. The van der Waals surface area contributed by atoms with Crippen molar-refractivity contribution in [2.24, 2.45) is 0 Å². The Labute approximate surface area is 94.9 Å². The van der Waals surface area contributed by atoms with Crippen molar-refractivity contribution in [2.45, 2.75) is 26.3 Å². The highest BCUT2D eigenvalue weighted by Crippen LogP contribution is 2.10. The van der Waals surface area contributed by atoms with Crippen LogP contribution >= 0.6 is 0 Å². The minimum atomic E-state index is -0.739. The zero-order valence-electron chi connectivity index (χ0n) is 9.60. The van der Waals surface area contributed by atoms with Crippen LogP contribution in [0.25, 0.3) is 0 Å². The summed E-state index contributed by atoms with van der Waals surface area (Å²) < 4.78 is 13.1. The average molecular weight is 219 g/mol. The topological polar surface area (TPSA) is 29.1 Å². The van der Waals surface area contributed by atoms with Crippen molar-refractivity contribution in [3.63, 3.8) is 0 Å². The van der Waals surface area contributed by atoms with Gasteiger partial charge in [-0.15, -0.1) is 6.42 Å². The van der Waals surface area contributed by atoms with Crippen molar-refractivity contribution in [3.8, 4) is 12.3 Å². The first kappa shape index (κ1) is 12.3. The minimum Gasteiger partial charge on any atom is -0.336 e. The first-order valence-corrected chi connectivity index (χ1v) is 4.91. The molecule has 0 saturated carbocycles. The van der Waals surface area contributed by atoms with Crippen molar-refractivity contribution >= 4 is 5.91 Å². The van der Waals surface area contributed by atoms with Crippen molar-refractivity contribution in [2.75, 3.05) is 0 Å². The Morgan fingerprint density at radius 2 is 2.06 bits per heavy atom. The van der Waals surface area contributed by atoms with E-state index in [9.17, 15) is 9.18 Å². The second-order valence-corrected chi connectivity index (χ2v) is 4.24. The molecule has 0 saturated heterocycles. The zero-order chi connectivity index (χ0) is 12.3. The lowest BCUT2D eigenvalue weighted by molar-refractivity contribution is 0.0929. The van der Waals surface area contributed by atoms with Gasteiger partial charge in [0.15, 0.2) is 0 Å². The molecule has 1 amide bonds. The van der Waals surface area contributed by atoms with E-state index in [1.54, 1.807) is 26.8 Å². The third kappa shape index (κ3) is 3.09. The van der Waals surface area contributed by atoms with Crippen molar-refractivity contribution in [3.05, 3.63) is 35.1 Å². The molecule has 0 aliphatic heterocycles. The molecular weight excluding hydrogens is 205 g/mol. The molecule has 0 atom stereocenters. The van der Waals surface area contributed by atoms with Crippen molar-refractivity contribution in [1.82, 2.24) is 5.32 Å². The standard InChI is InChI=1S/C13H14FNO/c1-5-13(3,4)15-12(16)10-6-9(2)7-11(14)8-10/h1,6-8H,2-4H3,(H,15,16). The Kier molecular flexibility index (Phi) is 3.34. The normalized spacial score (nSPS) is 10.7. The molecule has 0 fully saturated rings. The number of hydrogen-bond donors (Lipinski definition) is 1. The quantitative estimate of drug-likeness (QED) is 0.760. The third-order valence-corrected chi connectivity index (χ3v) is 2.09. The molecule has 1 rings (SSSR count). The fraction of sp³-hybridized carbons (Fsp3) is 0.308. The fourth-order valence-corrected chi connectivity index (χ4v) is 1.26. The van der Waals surface area contributed by atoms with Gasteiger partial charge in [-0.25, -0.2) is 4.39 Å². The number of terminal acetylenes is 1. The highest BCUT2D eigenvalue weighted by Gasteiger charge is 2.18. The Hall–Kier alpha value is -1.82. The van der Waals surface area contributed by atoms with Crippen LogP contribution in [0.5, 0.6) is 0 Å². The van der Waals surface area contributed by atoms with Gasteiger partial charge in [-0.1, -0.05) is 5.92 Å². The Bertz CT molecular complexity index is 437. The lowest BCUT2D eigenvalue weighted by Crippen LogP contribution is -2.42. The SMILES string of the molecule is C#CC(C)(C)NC(=O)c1cc(C)cc(F)c1. The van der Waals surface area contributed by atoms with E-state index in [0.717, 1.165) is 0 Å². The van der Waals surface area contributed by atoms with E-state index in [1.807, 2.05) is 0 Å². The molecule has 1 aromatic rings. The summed E-state index contributed by atoms with van der Waals surface area (Å²) in [6, 6.07) is 4.17. The van der Waals surface area contributed by atoms with E-state index < -0.39 is 11.4 Å². The molecule has 16 heavy (non-hydrogen) atoms. The number of nitrogens with one attached hydrogen (secondary N) is 1. The number of amides is 1. The van der Waals surface area contributed by atoms with Crippen molar-refractivity contribution < 1.29 is 9.18 Å². The van der Waals surface area contributed by atoms with E-state index in [4.69, 9.17) is 6.42 Å². The number of benzene rings is 1. The first-order valence-electron chi connectivity index (χ1n) is 4.91. The van der Waals surface area contributed by atoms with Gasteiger partial charge in [-0.3, -0.25) is 4.79 Å². The molecule has 2 nitrogen and oxygen atoms in total. The number of rotatable bonds is 2. The molecule has 0 aliphatic rings. The second-order valence-electron chi connectivity index (χ2n) is 4.24. The van der Waals surface area contributed by atoms with Gasteiger partial charge in [-0.2, -0.15) is 0 Å². The highest BCUT2D eigenvalue weighted by atomic mass is 19.1. The molecule has 0 heterocycles. The van der Waals surface area contributed by atoms with Crippen LogP contribution in [-0.2, 0) is 0 Å². The fourth-order valence-electron chi connectivity index (χ4n) is 1.26. The minimum absolute atomic E-state index is 0.279. The van der Waals surface area contributed by atoms with E-state index in [2.05, 4.69) is 11.2 Å². The van der Waals surface area contributed by atoms with E-state index in [0.29, 0.717) is 5.56 Å². The van der Waals surface area contributed by atoms with Crippen LogP contribution in [0.3, 0.4) is 0 Å². The molecule has 1 N–H and O–H groups in total. The summed E-state index contributed by atoms with van der Waals surface area (Å²) in [4.78, 5) is 11.8. The maximum absolute atomic E-state index is 13.1. The lowest BCUT2D eigenvalue weighted by atomic mass is 10.1. The Balaban J connectivity index is 2.94. The predicted octanol–water partition coefficient (Wildman–Crippen LogP) is 2.28. The Morgan fingerprint density at radius 3 is 2.56 bits per heavy atom. The lowest BCUT2D eigenvalue weighted by Gasteiger charge is -2.19. The predicted molar refractivity (Wildman–Crippen MR) is 61.5 cm³/mol. The molecular formula is C13H14FNO. The summed E-state index contributed by atoms with van der Waals surface area (Å²) in [5.74, 6) is 1.65. The van der Waals surface area contributed by atoms with Gasteiger partial charge in [0.25, 0.3) is 5.91 Å². The summed E-state index contributed by atoms with van der Waals surface area (Å²) in [5.41, 5.74) is 0.238. The molecule has 1 aromatic carbocycles. The largest absolute Gasteiger partial charge is 0.336 e. The third-order valence-electron chi connectivity index (χ3n) is 2.09. The van der Waals surface area contributed by atoms with Crippen LogP contribution in [0.2, 0.25) is 0 Å². The second kappa shape index (κ2) is 4.36. The van der Waals surface area contributed by atoms with Crippen LogP contribution < -0.4 is 5.32 Å².